The molecular formula is C5H7F3N2. The Bertz CT molecular complexity index is 168. The summed E-state index contributed by atoms with van der Waals surface area (Å²) in [5.41, 5.74) is -1.68. The van der Waals surface area contributed by atoms with Crippen molar-refractivity contribution in [3.63, 3.8) is 0 Å². The largest absolute Gasteiger partial charge is 0.434 e. The SMILES string of the molecule is CN=C(C)C(=N)C(F)(F)F. The molecular weight excluding hydrogens is 145 g/mol. The second-order valence-corrected chi connectivity index (χ2v) is 1.68. The predicted octanol–water partition coefficient (Wildman–Crippen LogP) is 1.66. The van der Waals surface area contributed by atoms with E-state index in [0.29, 0.717) is 0 Å². The molecule has 58 valence electrons. The van der Waals surface area contributed by atoms with Crippen LogP contribution in [0.1, 0.15) is 6.92 Å². The summed E-state index contributed by atoms with van der Waals surface area (Å²) in [5, 5.41) is 6.49. The number of nitrogens with zero attached hydrogens (tertiary/aromatic N) is 1. The highest BCUT2D eigenvalue weighted by molar-refractivity contribution is 6.42. The van der Waals surface area contributed by atoms with Gasteiger partial charge < -0.3 is 0 Å². The van der Waals surface area contributed by atoms with Gasteiger partial charge >= 0.3 is 6.18 Å². The molecule has 0 heterocycles. The maximum Gasteiger partial charge on any atom is 0.434 e. The molecule has 10 heavy (non-hydrogen) atoms. The second kappa shape index (κ2) is 2.81. The number of rotatable bonds is 1. The lowest BCUT2D eigenvalue weighted by Gasteiger charge is -2.05. The Labute approximate surface area is 56.3 Å². The summed E-state index contributed by atoms with van der Waals surface area (Å²) in [7, 11) is 1.22. The molecule has 0 aromatic rings. The molecule has 0 aliphatic rings. The zero-order valence-electron chi connectivity index (χ0n) is 5.58. The van der Waals surface area contributed by atoms with E-state index in [0.717, 1.165) is 6.92 Å². The van der Waals surface area contributed by atoms with Gasteiger partial charge in [0.05, 0.1) is 5.71 Å². The van der Waals surface area contributed by atoms with Gasteiger partial charge in [-0.3, -0.25) is 10.4 Å². The summed E-state index contributed by atoms with van der Waals surface area (Å²) >= 11 is 0. The standard InChI is InChI=1S/C5H7F3N2/c1-3(10-2)4(9)5(6,7)8/h9H,1-2H3. The molecule has 0 spiro atoms. The fourth-order valence-corrected chi connectivity index (χ4v) is 0.317. The van der Waals surface area contributed by atoms with Gasteiger partial charge in [-0.15, -0.1) is 0 Å². The molecule has 0 saturated heterocycles. The molecule has 0 radical (unpaired) electrons. The van der Waals surface area contributed by atoms with Crippen molar-refractivity contribution in [2.75, 3.05) is 7.05 Å². The summed E-state index contributed by atoms with van der Waals surface area (Å²) in [5.74, 6) is 0. The zero-order chi connectivity index (χ0) is 8.36. The predicted molar refractivity (Wildman–Crippen MR) is 32.8 cm³/mol. The van der Waals surface area contributed by atoms with Crippen LogP contribution in [0, 0.1) is 5.41 Å². The minimum atomic E-state index is -4.57. The van der Waals surface area contributed by atoms with Gasteiger partial charge in [0.2, 0.25) is 0 Å². The molecule has 0 saturated carbocycles. The lowest BCUT2D eigenvalue weighted by molar-refractivity contribution is -0.0573. The van der Waals surface area contributed by atoms with Crippen LogP contribution in [-0.4, -0.2) is 24.6 Å². The van der Waals surface area contributed by atoms with Crippen LogP contribution in [0.25, 0.3) is 0 Å². The molecule has 1 N–H and O–H groups in total. The molecule has 0 bridgehead atoms. The van der Waals surface area contributed by atoms with E-state index in [1.165, 1.54) is 7.05 Å². The first-order valence-electron chi connectivity index (χ1n) is 2.49. The summed E-state index contributed by atoms with van der Waals surface area (Å²) in [6, 6.07) is 0. The maximum atomic E-state index is 11.6. The van der Waals surface area contributed by atoms with E-state index < -0.39 is 11.9 Å². The van der Waals surface area contributed by atoms with Crippen molar-refractivity contribution in [2.45, 2.75) is 13.1 Å². The Hall–Kier alpha value is -0.870. The van der Waals surface area contributed by atoms with Crippen molar-refractivity contribution in [1.82, 2.24) is 0 Å². The van der Waals surface area contributed by atoms with Crippen molar-refractivity contribution in [1.29, 1.82) is 5.41 Å². The number of alkyl halides is 3. The van der Waals surface area contributed by atoms with Crippen LogP contribution < -0.4 is 0 Å². The lowest BCUT2D eigenvalue weighted by Crippen LogP contribution is -2.28. The molecule has 0 aliphatic heterocycles. The van der Waals surface area contributed by atoms with Crippen molar-refractivity contribution in [2.24, 2.45) is 4.99 Å². The van der Waals surface area contributed by atoms with E-state index in [1.807, 2.05) is 0 Å². The van der Waals surface area contributed by atoms with Crippen molar-refractivity contribution >= 4 is 11.4 Å². The third-order valence-electron chi connectivity index (χ3n) is 0.981. The minimum Gasteiger partial charge on any atom is -0.295 e. The average Bonchev–Trinajstić information content (AvgIpc) is 1.83. The third-order valence-corrected chi connectivity index (χ3v) is 0.981. The number of aliphatic imine (C=N–C) groups is 1. The van der Waals surface area contributed by atoms with Gasteiger partial charge in [-0.25, -0.2) is 0 Å². The average molecular weight is 152 g/mol. The smallest absolute Gasteiger partial charge is 0.295 e. The molecule has 0 atom stereocenters. The van der Waals surface area contributed by atoms with Crippen molar-refractivity contribution < 1.29 is 13.2 Å². The molecule has 0 rings (SSSR count). The fraction of sp³-hybridized carbons (Fsp3) is 0.600. The fourth-order valence-electron chi connectivity index (χ4n) is 0.317. The Morgan fingerprint density at radius 3 is 1.90 bits per heavy atom. The highest BCUT2D eigenvalue weighted by Gasteiger charge is 2.35. The Kier molecular flexibility index (Phi) is 2.56. The van der Waals surface area contributed by atoms with Crippen molar-refractivity contribution in [3.8, 4) is 0 Å². The van der Waals surface area contributed by atoms with Gasteiger partial charge in [0.1, 0.15) is 0 Å². The number of hydrogen-bond donors (Lipinski definition) is 1. The highest BCUT2D eigenvalue weighted by Crippen LogP contribution is 2.16. The van der Waals surface area contributed by atoms with Crippen LogP contribution in [0.3, 0.4) is 0 Å². The molecule has 0 amide bonds. The number of nitrogens with one attached hydrogen (secondary N) is 1. The minimum absolute atomic E-state index is 0.299. The van der Waals surface area contributed by atoms with Gasteiger partial charge in [0.15, 0.2) is 5.71 Å². The Morgan fingerprint density at radius 2 is 1.80 bits per heavy atom. The van der Waals surface area contributed by atoms with Crippen LogP contribution in [0.2, 0.25) is 0 Å². The topological polar surface area (TPSA) is 36.2 Å². The molecule has 0 aromatic heterocycles. The van der Waals surface area contributed by atoms with Crippen molar-refractivity contribution in [3.05, 3.63) is 0 Å². The van der Waals surface area contributed by atoms with E-state index in [9.17, 15) is 13.2 Å². The maximum absolute atomic E-state index is 11.6. The van der Waals surface area contributed by atoms with Crippen LogP contribution in [0.4, 0.5) is 13.2 Å². The number of halogens is 3. The van der Waals surface area contributed by atoms with E-state index in [1.54, 1.807) is 0 Å². The number of hydrogen-bond acceptors (Lipinski definition) is 2. The Balaban J connectivity index is 4.39. The first-order chi connectivity index (χ1) is 4.39. The molecule has 2 nitrogen and oxygen atoms in total. The molecule has 0 aliphatic carbocycles. The van der Waals surface area contributed by atoms with Gasteiger partial charge in [-0.1, -0.05) is 0 Å². The first-order valence-corrected chi connectivity index (χ1v) is 2.49. The van der Waals surface area contributed by atoms with Crippen LogP contribution in [-0.2, 0) is 0 Å². The van der Waals surface area contributed by atoms with Crippen LogP contribution >= 0.6 is 0 Å². The van der Waals surface area contributed by atoms with E-state index >= 15 is 0 Å². The van der Waals surface area contributed by atoms with Gasteiger partial charge in [-0.05, 0) is 6.92 Å². The van der Waals surface area contributed by atoms with Crippen LogP contribution in [0.15, 0.2) is 4.99 Å². The lowest BCUT2D eigenvalue weighted by atomic mass is 10.2. The van der Waals surface area contributed by atoms with E-state index in [-0.39, 0.29) is 5.71 Å². The molecule has 0 fully saturated rings. The van der Waals surface area contributed by atoms with E-state index in [4.69, 9.17) is 5.41 Å². The first kappa shape index (κ1) is 9.13. The Morgan fingerprint density at radius 1 is 1.40 bits per heavy atom. The summed E-state index contributed by atoms with van der Waals surface area (Å²) in [4.78, 5) is 3.23. The molecule has 0 unspecified atom stereocenters. The molecule has 0 aromatic carbocycles. The van der Waals surface area contributed by atoms with E-state index in [2.05, 4.69) is 4.99 Å². The summed E-state index contributed by atoms with van der Waals surface area (Å²) in [6.07, 6.45) is -4.57. The third kappa shape index (κ3) is 2.16. The quantitative estimate of drug-likeness (QED) is 0.555. The van der Waals surface area contributed by atoms with Crippen LogP contribution in [0.5, 0.6) is 0 Å². The van der Waals surface area contributed by atoms with Gasteiger partial charge in [0, 0.05) is 7.05 Å². The summed E-state index contributed by atoms with van der Waals surface area (Å²) < 4.78 is 34.7. The molecule has 5 heteroatoms. The van der Waals surface area contributed by atoms with Gasteiger partial charge in [-0.2, -0.15) is 13.2 Å². The highest BCUT2D eigenvalue weighted by atomic mass is 19.4. The monoisotopic (exact) mass is 152 g/mol. The zero-order valence-corrected chi connectivity index (χ0v) is 5.58. The summed E-state index contributed by atoms with van der Waals surface area (Å²) in [6.45, 7) is 1.15. The second-order valence-electron chi connectivity index (χ2n) is 1.68. The van der Waals surface area contributed by atoms with Gasteiger partial charge in [0.25, 0.3) is 0 Å². The normalized spacial score (nSPS) is 13.5.